The van der Waals surface area contributed by atoms with Crippen molar-refractivity contribution in [2.75, 3.05) is 13.6 Å². The van der Waals surface area contributed by atoms with Crippen molar-refractivity contribution in [1.29, 1.82) is 5.26 Å². The molecule has 6 heteroatoms. The minimum atomic E-state index is -3.44. The maximum Gasteiger partial charge on any atom is 0.279 e. The lowest BCUT2D eigenvalue weighted by molar-refractivity contribution is 0.383. The van der Waals surface area contributed by atoms with Crippen molar-refractivity contribution in [3.63, 3.8) is 0 Å². The molecule has 0 aromatic rings. The monoisotopic (exact) mass is 233 g/mol. The van der Waals surface area contributed by atoms with E-state index in [9.17, 15) is 8.42 Å². The molecule has 0 saturated heterocycles. The summed E-state index contributed by atoms with van der Waals surface area (Å²) in [6, 6.07) is 1.65. The molecule has 88 valence electrons. The van der Waals surface area contributed by atoms with Crippen LogP contribution in [0.1, 0.15) is 27.2 Å². The van der Waals surface area contributed by atoms with E-state index in [-0.39, 0.29) is 18.4 Å². The Morgan fingerprint density at radius 3 is 2.33 bits per heavy atom. The smallest absolute Gasteiger partial charge is 0.202 e. The molecule has 0 aliphatic carbocycles. The molecular formula is C9H19N3O2S. The molecule has 0 aromatic carbocycles. The molecule has 0 saturated carbocycles. The Kier molecular flexibility index (Phi) is 5.80. The van der Waals surface area contributed by atoms with Gasteiger partial charge in [0.05, 0.1) is 12.5 Å². The molecule has 0 heterocycles. The summed E-state index contributed by atoms with van der Waals surface area (Å²) in [7, 11) is -1.97. The lowest BCUT2D eigenvalue weighted by Gasteiger charge is -2.23. The summed E-state index contributed by atoms with van der Waals surface area (Å²) in [6.07, 6.45) is 0.194. The summed E-state index contributed by atoms with van der Waals surface area (Å²) in [4.78, 5) is 0. The zero-order valence-electron chi connectivity index (χ0n) is 9.69. The first-order chi connectivity index (χ1) is 6.81. The van der Waals surface area contributed by atoms with Crippen molar-refractivity contribution in [2.24, 2.45) is 5.92 Å². The van der Waals surface area contributed by atoms with Crippen molar-refractivity contribution < 1.29 is 8.42 Å². The minimum absolute atomic E-state index is 0.194. The molecule has 0 fully saturated rings. The van der Waals surface area contributed by atoms with E-state index in [0.717, 1.165) is 0 Å². The highest BCUT2D eigenvalue weighted by Crippen LogP contribution is 2.05. The van der Waals surface area contributed by atoms with Crippen LogP contribution in [0.5, 0.6) is 0 Å². The number of nitrogens with zero attached hydrogens (tertiary/aromatic N) is 2. The third-order valence-corrected chi connectivity index (χ3v) is 3.71. The van der Waals surface area contributed by atoms with Crippen LogP contribution in [0.4, 0.5) is 0 Å². The van der Waals surface area contributed by atoms with Crippen LogP contribution >= 0.6 is 0 Å². The zero-order valence-corrected chi connectivity index (χ0v) is 10.5. The van der Waals surface area contributed by atoms with E-state index < -0.39 is 10.2 Å². The van der Waals surface area contributed by atoms with Crippen LogP contribution < -0.4 is 4.72 Å². The Balaban J connectivity index is 4.40. The first kappa shape index (κ1) is 14.4. The summed E-state index contributed by atoms with van der Waals surface area (Å²) >= 11 is 0. The Morgan fingerprint density at radius 2 is 1.93 bits per heavy atom. The number of hydrogen-bond acceptors (Lipinski definition) is 3. The van der Waals surface area contributed by atoms with Crippen LogP contribution in [0.2, 0.25) is 0 Å². The van der Waals surface area contributed by atoms with Gasteiger partial charge in [0, 0.05) is 19.6 Å². The van der Waals surface area contributed by atoms with Gasteiger partial charge in [-0.05, 0) is 12.8 Å². The van der Waals surface area contributed by atoms with Gasteiger partial charge in [-0.3, -0.25) is 0 Å². The van der Waals surface area contributed by atoms with Crippen LogP contribution in [0.25, 0.3) is 0 Å². The number of nitriles is 1. The van der Waals surface area contributed by atoms with E-state index in [4.69, 9.17) is 5.26 Å². The van der Waals surface area contributed by atoms with Crippen LogP contribution in [0.3, 0.4) is 0 Å². The topological polar surface area (TPSA) is 73.2 Å². The van der Waals surface area contributed by atoms with E-state index in [1.54, 1.807) is 6.92 Å². The molecule has 0 aliphatic heterocycles. The van der Waals surface area contributed by atoms with Gasteiger partial charge >= 0.3 is 0 Å². The maximum atomic E-state index is 11.7. The summed E-state index contributed by atoms with van der Waals surface area (Å²) in [6.45, 7) is 5.98. The van der Waals surface area contributed by atoms with Gasteiger partial charge in [0.2, 0.25) is 0 Å². The molecule has 1 unspecified atom stereocenters. The van der Waals surface area contributed by atoms with E-state index in [1.807, 2.05) is 19.9 Å². The summed E-state index contributed by atoms with van der Waals surface area (Å²) in [5.41, 5.74) is 0. The van der Waals surface area contributed by atoms with E-state index in [0.29, 0.717) is 6.54 Å². The Hall–Kier alpha value is -0.640. The fraction of sp³-hybridized carbons (Fsp3) is 0.889. The second-order valence-corrected chi connectivity index (χ2v) is 5.79. The normalized spacial score (nSPS) is 14.2. The Morgan fingerprint density at radius 1 is 1.40 bits per heavy atom. The summed E-state index contributed by atoms with van der Waals surface area (Å²) in [5, 5.41) is 8.48. The molecule has 0 radical (unpaired) electrons. The number of nitrogens with one attached hydrogen (secondary N) is 1. The number of hydrogen-bond donors (Lipinski definition) is 1. The van der Waals surface area contributed by atoms with E-state index in [2.05, 4.69) is 4.72 Å². The van der Waals surface area contributed by atoms with Gasteiger partial charge in [0.15, 0.2) is 0 Å². The van der Waals surface area contributed by atoms with Gasteiger partial charge in [-0.1, -0.05) is 13.8 Å². The van der Waals surface area contributed by atoms with Gasteiger partial charge in [-0.2, -0.15) is 18.0 Å². The summed E-state index contributed by atoms with van der Waals surface area (Å²) < 4.78 is 27.0. The molecule has 0 aliphatic rings. The Bertz CT molecular complexity index is 319. The highest BCUT2D eigenvalue weighted by molar-refractivity contribution is 7.87. The second-order valence-electron chi connectivity index (χ2n) is 3.97. The fourth-order valence-electron chi connectivity index (χ4n) is 0.871. The molecular weight excluding hydrogens is 214 g/mol. The van der Waals surface area contributed by atoms with Gasteiger partial charge in [0.1, 0.15) is 0 Å². The van der Waals surface area contributed by atoms with Crippen molar-refractivity contribution in [3.8, 4) is 6.07 Å². The average Bonchev–Trinajstić information content (AvgIpc) is 2.14. The van der Waals surface area contributed by atoms with Crippen molar-refractivity contribution in [3.05, 3.63) is 0 Å². The van der Waals surface area contributed by atoms with Gasteiger partial charge in [-0.25, -0.2) is 4.72 Å². The first-order valence-corrected chi connectivity index (χ1v) is 6.34. The van der Waals surface area contributed by atoms with E-state index >= 15 is 0 Å². The van der Waals surface area contributed by atoms with Crippen LogP contribution in [-0.4, -0.2) is 32.4 Å². The van der Waals surface area contributed by atoms with Gasteiger partial charge in [0.25, 0.3) is 10.2 Å². The van der Waals surface area contributed by atoms with E-state index in [1.165, 1.54) is 11.4 Å². The molecule has 0 bridgehead atoms. The van der Waals surface area contributed by atoms with Gasteiger partial charge in [-0.15, -0.1) is 0 Å². The lowest BCUT2D eigenvalue weighted by Crippen LogP contribution is -2.43. The van der Waals surface area contributed by atoms with Crippen molar-refractivity contribution >= 4 is 10.2 Å². The first-order valence-electron chi connectivity index (χ1n) is 4.90. The SMILES string of the molecule is CC(C)CNS(=O)(=O)N(C)C(C)CC#N. The fourth-order valence-corrected chi connectivity index (χ4v) is 2.17. The average molecular weight is 233 g/mol. The molecule has 5 nitrogen and oxygen atoms in total. The third kappa shape index (κ3) is 5.11. The molecule has 0 spiro atoms. The standard InChI is InChI=1S/C9H19N3O2S/c1-8(2)7-11-15(13,14)12(4)9(3)5-6-10/h8-9,11H,5,7H2,1-4H3. The highest BCUT2D eigenvalue weighted by Gasteiger charge is 2.22. The quantitative estimate of drug-likeness (QED) is 0.734. The molecule has 0 rings (SSSR count). The minimum Gasteiger partial charge on any atom is -0.202 e. The molecule has 0 aromatic heterocycles. The second kappa shape index (κ2) is 6.05. The van der Waals surface area contributed by atoms with Crippen LogP contribution in [0.15, 0.2) is 0 Å². The highest BCUT2D eigenvalue weighted by atomic mass is 32.2. The molecule has 15 heavy (non-hydrogen) atoms. The zero-order chi connectivity index (χ0) is 12.1. The third-order valence-electron chi connectivity index (χ3n) is 2.06. The number of rotatable bonds is 6. The van der Waals surface area contributed by atoms with Crippen molar-refractivity contribution in [1.82, 2.24) is 9.03 Å². The summed E-state index contributed by atoms with van der Waals surface area (Å²) in [5.74, 6) is 0.263. The van der Waals surface area contributed by atoms with Crippen molar-refractivity contribution in [2.45, 2.75) is 33.2 Å². The lowest BCUT2D eigenvalue weighted by atomic mass is 10.2. The van der Waals surface area contributed by atoms with Crippen LogP contribution in [-0.2, 0) is 10.2 Å². The largest absolute Gasteiger partial charge is 0.279 e. The predicted molar refractivity (Wildman–Crippen MR) is 59.2 cm³/mol. The van der Waals surface area contributed by atoms with Gasteiger partial charge < -0.3 is 0 Å². The molecule has 0 amide bonds. The molecule has 1 N–H and O–H groups in total. The predicted octanol–water partition coefficient (Wildman–Crippen LogP) is 0.711. The van der Waals surface area contributed by atoms with Crippen LogP contribution in [0, 0.1) is 17.2 Å². The maximum absolute atomic E-state index is 11.7. The molecule has 1 atom stereocenters. The Labute approximate surface area is 92.3 Å².